The molecule has 0 saturated heterocycles. The fourth-order valence-corrected chi connectivity index (χ4v) is 4.30. The topological polar surface area (TPSA) is 129 Å². The number of aromatic nitrogens is 3. The molecule has 2 aromatic heterocycles. The lowest BCUT2D eigenvalue weighted by Gasteiger charge is -2.16. The summed E-state index contributed by atoms with van der Waals surface area (Å²) in [6, 6.07) is 7.31. The van der Waals surface area contributed by atoms with E-state index in [1.54, 1.807) is 44.3 Å². The number of rotatable bonds is 6. The van der Waals surface area contributed by atoms with Gasteiger partial charge in [-0.05, 0) is 29.8 Å². The lowest BCUT2D eigenvalue weighted by Crippen LogP contribution is -2.35. The molecule has 2 N–H and O–H groups in total. The number of nitrogens with one attached hydrogen (secondary N) is 2. The summed E-state index contributed by atoms with van der Waals surface area (Å²) in [4.78, 5) is 20.3. The van der Waals surface area contributed by atoms with E-state index < -0.39 is 21.7 Å². The molecule has 12 heteroatoms. The van der Waals surface area contributed by atoms with E-state index >= 15 is 0 Å². The Hall–Kier alpha value is -4.11. The van der Waals surface area contributed by atoms with Gasteiger partial charge in [0, 0.05) is 49.9 Å². The highest BCUT2D eigenvalue weighted by molar-refractivity contribution is 7.90. The van der Waals surface area contributed by atoms with Crippen molar-refractivity contribution in [3.05, 3.63) is 59.7 Å². The van der Waals surface area contributed by atoms with Crippen LogP contribution in [0.1, 0.15) is 19.4 Å². The molecule has 0 fully saturated rings. The third-order valence-electron chi connectivity index (χ3n) is 5.27. The van der Waals surface area contributed by atoms with E-state index in [1.165, 1.54) is 24.1 Å². The van der Waals surface area contributed by atoms with Crippen LogP contribution in [0.2, 0.25) is 0 Å². The first-order chi connectivity index (χ1) is 16.1. The number of anilines is 1. The Morgan fingerprint density at radius 3 is 2.82 bits per heavy atom. The van der Waals surface area contributed by atoms with Crippen LogP contribution in [0.5, 0.6) is 11.6 Å². The van der Waals surface area contributed by atoms with Gasteiger partial charge in [-0.15, -0.1) is 0 Å². The molecule has 1 aliphatic rings. The number of fused-ring (bicyclic) bond motifs is 1. The van der Waals surface area contributed by atoms with Crippen LogP contribution in [0, 0.1) is 6.57 Å². The minimum Gasteiger partial charge on any atom is -0.493 e. The number of hydrogen-bond donors (Lipinski definition) is 2. The number of sulfonamides is 1. The maximum Gasteiger partial charge on any atom is 0.333 e. The standard InChI is InChI=1S/C22H22N6O5S/c1-22(2,23-3)28-11-8-19(26-28)34(30,31)27-21(29)25-20-15(5-6-17-16(20)9-12-33-17)14-7-10-24-18(13-14)32-4/h5-8,10-11,13H,9,12H2,1-2,4H3,(H2,25,27,29). The molecule has 0 atom stereocenters. The van der Waals surface area contributed by atoms with Gasteiger partial charge in [0.2, 0.25) is 5.88 Å². The summed E-state index contributed by atoms with van der Waals surface area (Å²) in [5.41, 5.74) is 1.49. The maximum absolute atomic E-state index is 12.8. The summed E-state index contributed by atoms with van der Waals surface area (Å²) in [5, 5.41) is 6.25. The first-order valence-corrected chi connectivity index (χ1v) is 11.7. The molecule has 0 unspecified atom stereocenters. The zero-order valence-corrected chi connectivity index (χ0v) is 19.5. The van der Waals surface area contributed by atoms with Gasteiger partial charge in [0.1, 0.15) is 5.75 Å². The van der Waals surface area contributed by atoms with Crippen LogP contribution < -0.4 is 19.5 Å². The third-order valence-corrected chi connectivity index (χ3v) is 6.50. The van der Waals surface area contributed by atoms with Crippen molar-refractivity contribution < 1.29 is 22.7 Å². The predicted molar refractivity (Wildman–Crippen MR) is 123 cm³/mol. The van der Waals surface area contributed by atoms with Crippen molar-refractivity contribution in [2.75, 3.05) is 19.0 Å². The molecule has 0 spiro atoms. The molecule has 176 valence electrons. The van der Waals surface area contributed by atoms with Crippen molar-refractivity contribution in [3.63, 3.8) is 0 Å². The molecule has 0 saturated carbocycles. The molecule has 34 heavy (non-hydrogen) atoms. The van der Waals surface area contributed by atoms with Crippen LogP contribution in [0.3, 0.4) is 0 Å². The number of methoxy groups -OCH3 is 1. The minimum atomic E-state index is -4.29. The maximum atomic E-state index is 12.8. The van der Waals surface area contributed by atoms with Crippen molar-refractivity contribution in [2.24, 2.45) is 0 Å². The van der Waals surface area contributed by atoms with Gasteiger partial charge >= 0.3 is 11.7 Å². The average Bonchev–Trinajstić information content (AvgIpc) is 3.50. The molecule has 4 rings (SSSR count). The van der Waals surface area contributed by atoms with Gasteiger partial charge in [0.15, 0.2) is 5.03 Å². The number of carbonyl (C=O) groups is 1. The number of pyridine rings is 1. The van der Waals surface area contributed by atoms with Crippen molar-refractivity contribution in [3.8, 4) is 22.8 Å². The van der Waals surface area contributed by atoms with Crippen LogP contribution >= 0.6 is 0 Å². The number of nitrogens with zero attached hydrogens (tertiary/aromatic N) is 4. The van der Waals surface area contributed by atoms with E-state index in [4.69, 9.17) is 16.0 Å². The fraction of sp³-hybridized carbons (Fsp3) is 0.273. The smallest absolute Gasteiger partial charge is 0.333 e. The Morgan fingerprint density at radius 1 is 1.29 bits per heavy atom. The number of hydrogen-bond acceptors (Lipinski definition) is 7. The summed E-state index contributed by atoms with van der Waals surface area (Å²) in [6.45, 7) is 10.9. The first kappa shape index (κ1) is 23.1. The molecular weight excluding hydrogens is 460 g/mol. The second-order valence-corrected chi connectivity index (χ2v) is 9.54. The summed E-state index contributed by atoms with van der Waals surface area (Å²) in [7, 11) is -2.79. The average molecular weight is 483 g/mol. The monoisotopic (exact) mass is 482 g/mol. The summed E-state index contributed by atoms with van der Waals surface area (Å²) in [5.74, 6) is 1.01. The lowest BCUT2D eigenvalue weighted by atomic mass is 9.99. The number of carbonyl (C=O) groups excluding carboxylic acids is 1. The Bertz CT molecular complexity index is 1410. The van der Waals surface area contributed by atoms with E-state index in [-0.39, 0.29) is 5.03 Å². The van der Waals surface area contributed by atoms with Gasteiger partial charge in [0.05, 0.1) is 19.4 Å². The van der Waals surface area contributed by atoms with Crippen molar-refractivity contribution in [1.29, 1.82) is 0 Å². The van der Waals surface area contributed by atoms with Gasteiger partial charge < -0.3 is 14.8 Å². The Morgan fingerprint density at radius 2 is 2.09 bits per heavy atom. The number of benzene rings is 1. The molecule has 1 aliphatic heterocycles. The fourth-order valence-electron chi connectivity index (χ4n) is 3.47. The van der Waals surface area contributed by atoms with Gasteiger partial charge in [-0.3, -0.25) is 4.85 Å². The zero-order valence-electron chi connectivity index (χ0n) is 18.7. The highest BCUT2D eigenvalue weighted by Gasteiger charge is 2.30. The molecule has 3 heterocycles. The first-order valence-electron chi connectivity index (χ1n) is 10.2. The highest BCUT2D eigenvalue weighted by Crippen LogP contribution is 2.40. The molecule has 0 bridgehead atoms. The number of urea groups is 1. The summed E-state index contributed by atoms with van der Waals surface area (Å²) < 4.78 is 39.5. The number of ether oxygens (including phenoxy) is 2. The molecule has 0 radical (unpaired) electrons. The lowest BCUT2D eigenvalue weighted by molar-refractivity contribution is 0.256. The van der Waals surface area contributed by atoms with E-state index in [9.17, 15) is 13.2 Å². The van der Waals surface area contributed by atoms with Gasteiger partial charge in [-0.1, -0.05) is 0 Å². The molecular formula is C22H22N6O5S. The van der Waals surface area contributed by atoms with E-state index in [0.717, 1.165) is 11.1 Å². The van der Waals surface area contributed by atoms with E-state index in [2.05, 4.69) is 20.2 Å². The SMILES string of the molecule is [C-]#[N+]C(C)(C)n1ccc(S(=O)(=O)NC(=O)Nc2c(-c3ccnc(OC)c3)ccc3c2CCO3)n1. The van der Waals surface area contributed by atoms with Crippen molar-refractivity contribution in [1.82, 2.24) is 19.5 Å². The molecule has 3 aromatic rings. The van der Waals surface area contributed by atoms with Gasteiger partial charge in [-0.25, -0.2) is 21.1 Å². The highest BCUT2D eigenvalue weighted by atomic mass is 32.2. The quantitative estimate of drug-likeness (QED) is 0.517. The van der Waals surface area contributed by atoms with Crippen LogP contribution in [0.25, 0.3) is 16.0 Å². The van der Waals surface area contributed by atoms with Crippen LogP contribution in [0.15, 0.2) is 47.8 Å². The van der Waals surface area contributed by atoms with Gasteiger partial charge in [0.25, 0.3) is 10.0 Å². The second-order valence-electron chi connectivity index (χ2n) is 7.91. The molecule has 11 nitrogen and oxygen atoms in total. The Kier molecular flexibility index (Phi) is 5.89. The minimum absolute atomic E-state index is 0.375. The largest absolute Gasteiger partial charge is 0.493 e. The summed E-state index contributed by atoms with van der Waals surface area (Å²) >= 11 is 0. The van der Waals surface area contributed by atoms with Crippen LogP contribution in [0.4, 0.5) is 10.5 Å². The Labute approximate surface area is 196 Å². The normalized spacial score (nSPS) is 12.9. The van der Waals surface area contributed by atoms with E-state index in [0.29, 0.717) is 35.9 Å². The summed E-state index contributed by atoms with van der Waals surface area (Å²) in [6.07, 6.45) is 3.50. The molecule has 0 aliphatic carbocycles. The molecule has 2 amide bonds. The predicted octanol–water partition coefficient (Wildman–Crippen LogP) is 3.01. The second kappa shape index (κ2) is 8.68. The van der Waals surface area contributed by atoms with Crippen LogP contribution in [-0.4, -0.2) is 42.9 Å². The van der Waals surface area contributed by atoms with Crippen LogP contribution in [-0.2, 0) is 22.1 Å². The number of amides is 2. The van der Waals surface area contributed by atoms with Gasteiger partial charge in [-0.2, -0.15) is 18.2 Å². The Balaban J connectivity index is 1.63. The molecule has 1 aromatic carbocycles. The van der Waals surface area contributed by atoms with E-state index in [1.807, 2.05) is 4.72 Å². The third kappa shape index (κ3) is 4.38. The van der Waals surface area contributed by atoms with Crippen molar-refractivity contribution in [2.45, 2.75) is 31.0 Å². The zero-order chi connectivity index (χ0) is 24.5. The van der Waals surface area contributed by atoms with Crippen molar-refractivity contribution >= 4 is 21.7 Å².